The quantitative estimate of drug-likeness (QED) is 0.357. The van der Waals surface area contributed by atoms with Gasteiger partial charge in [-0.25, -0.2) is 0 Å². The summed E-state index contributed by atoms with van der Waals surface area (Å²) in [6, 6.07) is 0.517. The van der Waals surface area contributed by atoms with Gasteiger partial charge in [-0.3, -0.25) is 4.99 Å². The monoisotopic (exact) mass is 441 g/mol. The van der Waals surface area contributed by atoms with Crippen molar-refractivity contribution in [2.24, 2.45) is 10.4 Å². The Morgan fingerprint density at radius 3 is 2.50 bits per heavy atom. The van der Waals surface area contributed by atoms with Crippen LogP contribution in [0.1, 0.15) is 52.9 Å². The average molecular weight is 441 g/mol. The van der Waals surface area contributed by atoms with Crippen LogP contribution in [0, 0.1) is 5.41 Å². The molecule has 1 saturated carbocycles. The third-order valence-corrected chi connectivity index (χ3v) is 5.87. The van der Waals surface area contributed by atoms with Crippen LogP contribution >= 0.6 is 35.7 Å². The Labute approximate surface area is 156 Å². The van der Waals surface area contributed by atoms with Crippen LogP contribution in [0.2, 0.25) is 0 Å². The summed E-state index contributed by atoms with van der Waals surface area (Å²) in [7, 11) is 0. The lowest BCUT2D eigenvalue weighted by atomic mass is 9.75. The molecule has 130 valence electrons. The summed E-state index contributed by atoms with van der Waals surface area (Å²) >= 11 is 1.82. The third kappa shape index (κ3) is 6.43. The molecule has 0 radical (unpaired) electrons. The second-order valence-corrected chi connectivity index (χ2v) is 8.41. The Balaban J connectivity index is 0.00000242. The van der Waals surface area contributed by atoms with Gasteiger partial charge in [0.25, 0.3) is 0 Å². The van der Waals surface area contributed by atoms with Crippen LogP contribution in [0.5, 0.6) is 0 Å². The topological polar surface area (TPSA) is 56.7 Å². The number of nitrogens with one attached hydrogen (secondary N) is 2. The van der Waals surface area contributed by atoms with Crippen molar-refractivity contribution >= 4 is 41.7 Å². The SMILES string of the molecule is CCNC(=NCC1(O)CCSC1)NC1CCC(C)(C)CC1.I. The highest BCUT2D eigenvalue weighted by Gasteiger charge is 2.32. The van der Waals surface area contributed by atoms with Crippen LogP contribution in [-0.4, -0.2) is 47.3 Å². The molecule has 1 aliphatic heterocycles. The van der Waals surface area contributed by atoms with Gasteiger partial charge in [0, 0.05) is 18.3 Å². The molecule has 0 aromatic carbocycles. The zero-order valence-corrected chi connectivity index (χ0v) is 17.3. The first kappa shape index (κ1) is 20.4. The molecule has 0 aromatic heterocycles. The van der Waals surface area contributed by atoms with E-state index in [0.717, 1.165) is 30.4 Å². The maximum Gasteiger partial charge on any atom is 0.191 e. The second-order valence-electron chi connectivity index (χ2n) is 7.30. The number of aliphatic hydroxyl groups is 1. The smallest absolute Gasteiger partial charge is 0.191 e. The van der Waals surface area contributed by atoms with Crippen molar-refractivity contribution in [2.45, 2.75) is 64.5 Å². The van der Waals surface area contributed by atoms with Crippen molar-refractivity contribution in [1.82, 2.24) is 10.6 Å². The summed E-state index contributed by atoms with van der Waals surface area (Å²) in [5.41, 5.74) is -0.106. The Kier molecular flexibility index (Phi) is 8.30. The average Bonchev–Trinajstić information content (AvgIpc) is 2.86. The van der Waals surface area contributed by atoms with Gasteiger partial charge in [0.15, 0.2) is 5.96 Å². The predicted octanol–water partition coefficient (Wildman–Crippen LogP) is 3.00. The number of hydrogen-bond acceptors (Lipinski definition) is 3. The fourth-order valence-corrected chi connectivity index (χ4v) is 4.29. The van der Waals surface area contributed by atoms with Gasteiger partial charge in [0.05, 0.1) is 12.1 Å². The molecule has 1 unspecified atom stereocenters. The fraction of sp³-hybridized carbons (Fsp3) is 0.938. The Morgan fingerprint density at radius 1 is 1.27 bits per heavy atom. The van der Waals surface area contributed by atoms with Gasteiger partial charge in [-0.05, 0) is 50.2 Å². The van der Waals surface area contributed by atoms with Gasteiger partial charge in [-0.2, -0.15) is 11.8 Å². The molecule has 1 saturated heterocycles. The lowest BCUT2D eigenvalue weighted by Gasteiger charge is -2.35. The van der Waals surface area contributed by atoms with E-state index >= 15 is 0 Å². The third-order valence-electron chi connectivity index (χ3n) is 4.64. The number of guanidine groups is 1. The number of nitrogens with zero attached hydrogens (tertiary/aromatic N) is 1. The molecule has 0 amide bonds. The lowest BCUT2D eigenvalue weighted by molar-refractivity contribution is 0.0778. The van der Waals surface area contributed by atoms with Crippen LogP contribution in [0.15, 0.2) is 4.99 Å². The van der Waals surface area contributed by atoms with E-state index in [1.165, 1.54) is 25.7 Å². The highest BCUT2D eigenvalue weighted by molar-refractivity contribution is 14.0. The molecular weight excluding hydrogens is 409 g/mol. The van der Waals surface area contributed by atoms with Crippen molar-refractivity contribution in [1.29, 1.82) is 0 Å². The summed E-state index contributed by atoms with van der Waals surface area (Å²) < 4.78 is 0. The summed E-state index contributed by atoms with van der Waals surface area (Å²) in [5, 5.41) is 17.3. The van der Waals surface area contributed by atoms with Crippen molar-refractivity contribution in [3.05, 3.63) is 0 Å². The maximum absolute atomic E-state index is 10.4. The van der Waals surface area contributed by atoms with E-state index in [4.69, 9.17) is 0 Å². The van der Waals surface area contributed by atoms with Gasteiger partial charge >= 0.3 is 0 Å². The molecule has 0 spiro atoms. The fourth-order valence-electron chi connectivity index (χ4n) is 3.00. The molecule has 1 aliphatic carbocycles. The van der Waals surface area contributed by atoms with Gasteiger partial charge in [-0.15, -0.1) is 24.0 Å². The minimum absolute atomic E-state index is 0. The first-order chi connectivity index (χ1) is 9.92. The minimum atomic E-state index is -0.596. The van der Waals surface area contributed by atoms with E-state index in [0.29, 0.717) is 18.0 Å². The first-order valence-electron chi connectivity index (χ1n) is 8.27. The van der Waals surface area contributed by atoms with Crippen molar-refractivity contribution in [2.75, 3.05) is 24.6 Å². The highest BCUT2D eigenvalue weighted by atomic mass is 127. The standard InChI is InChI=1S/C16H31N3OS.HI/c1-4-17-14(18-11-16(20)9-10-21-12-16)19-13-5-7-15(2,3)8-6-13;/h13,20H,4-12H2,1-3H3,(H2,17,18,19);1H. The minimum Gasteiger partial charge on any atom is -0.387 e. The molecular formula is C16H32IN3OS. The predicted molar refractivity (Wildman–Crippen MR) is 107 cm³/mol. The molecule has 22 heavy (non-hydrogen) atoms. The Morgan fingerprint density at radius 2 is 1.95 bits per heavy atom. The van der Waals surface area contributed by atoms with Gasteiger partial charge < -0.3 is 15.7 Å². The second kappa shape index (κ2) is 8.97. The van der Waals surface area contributed by atoms with Gasteiger partial charge in [-0.1, -0.05) is 13.8 Å². The molecule has 6 heteroatoms. The largest absolute Gasteiger partial charge is 0.387 e. The summed E-state index contributed by atoms with van der Waals surface area (Å²) in [4.78, 5) is 4.63. The van der Waals surface area contributed by atoms with Crippen LogP contribution < -0.4 is 10.6 Å². The first-order valence-corrected chi connectivity index (χ1v) is 9.43. The van der Waals surface area contributed by atoms with Gasteiger partial charge in [0.2, 0.25) is 0 Å². The van der Waals surface area contributed by atoms with E-state index in [9.17, 15) is 5.11 Å². The molecule has 2 fully saturated rings. The van der Waals surface area contributed by atoms with Gasteiger partial charge in [0.1, 0.15) is 0 Å². The van der Waals surface area contributed by atoms with Crippen molar-refractivity contribution in [3.63, 3.8) is 0 Å². The highest BCUT2D eigenvalue weighted by Crippen LogP contribution is 2.35. The van der Waals surface area contributed by atoms with E-state index in [1.807, 2.05) is 11.8 Å². The molecule has 0 aromatic rings. The molecule has 2 aliphatic rings. The molecule has 4 nitrogen and oxygen atoms in total. The number of thioether (sulfide) groups is 1. The van der Waals surface area contributed by atoms with Crippen molar-refractivity contribution < 1.29 is 5.11 Å². The van der Waals surface area contributed by atoms with E-state index in [1.54, 1.807) is 0 Å². The zero-order chi connectivity index (χ0) is 15.3. The summed E-state index contributed by atoms with van der Waals surface area (Å²) in [6.07, 6.45) is 5.81. The number of hydrogen-bond donors (Lipinski definition) is 3. The molecule has 1 heterocycles. The molecule has 2 rings (SSSR count). The number of rotatable bonds is 4. The van der Waals surface area contributed by atoms with Crippen LogP contribution in [0.3, 0.4) is 0 Å². The molecule has 0 bridgehead atoms. The van der Waals surface area contributed by atoms with E-state index in [-0.39, 0.29) is 24.0 Å². The van der Waals surface area contributed by atoms with Crippen LogP contribution in [-0.2, 0) is 0 Å². The lowest BCUT2D eigenvalue weighted by Crippen LogP contribution is -2.46. The number of halogens is 1. The number of aliphatic imine (C=N–C) groups is 1. The van der Waals surface area contributed by atoms with E-state index in [2.05, 4.69) is 36.4 Å². The normalized spacial score (nSPS) is 29.0. The van der Waals surface area contributed by atoms with Crippen LogP contribution in [0.4, 0.5) is 0 Å². The Hall–Kier alpha value is 0.310. The van der Waals surface area contributed by atoms with Crippen LogP contribution in [0.25, 0.3) is 0 Å². The zero-order valence-electron chi connectivity index (χ0n) is 14.2. The summed E-state index contributed by atoms with van der Waals surface area (Å²) in [5.74, 6) is 2.73. The van der Waals surface area contributed by atoms with E-state index < -0.39 is 5.60 Å². The maximum atomic E-state index is 10.4. The van der Waals surface area contributed by atoms with Crippen molar-refractivity contribution in [3.8, 4) is 0 Å². The molecule has 1 atom stereocenters. The Bertz CT molecular complexity index is 360. The summed E-state index contributed by atoms with van der Waals surface area (Å²) in [6.45, 7) is 8.16. The molecule has 3 N–H and O–H groups in total.